The summed E-state index contributed by atoms with van der Waals surface area (Å²) in [6, 6.07) is 7.06. The quantitative estimate of drug-likeness (QED) is 0.771. The van der Waals surface area contributed by atoms with Gasteiger partial charge in [-0.25, -0.2) is 8.78 Å². The standard InChI is InChI=1S/C7H8O3S.C5H6F2N2/c1-6-2-4-7(5-3-6)11(8,9)10;6-5(7)1-4(2-8)9-3-5/h2-5H,1H3,(H,8,9,10);4,9H,1,3H2. The van der Waals surface area contributed by atoms with Crippen molar-refractivity contribution in [1.29, 1.82) is 5.26 Å². The third-order valence-corrected chi connectivity index (χ3v) is 3.45. The molecule has 0 amide bonds. The van der Waals surface area contributed by atoms with Crippen molar-refractivity contribution < 1.29 is 21.8 Å². The minimum atomic E-state index is -4.02. The highest BCUT2D eigenvalue weighted by Crippen LogP contribution is 2.24. The number of alkyl halides is 2. The summed E-state index contributed by atoms with van der Waals surface area (Å²) in [4.78, 5) is -0.0666. The molecule has 1 aromatic rings. The average Bonchev–Trinajstić information content (AvgIpc) is 2.69. The molecule has 0 spiro atoms. The lowest BCUT2D eigenvalue weighted by Gasteiger charge is -2.02. The summed E-state index contributed by atoms with van der Waals surface area (Å²) >= 11 is 0. The van der Waals surface area contributed by atoms with Crippen molar-refractivity contribution in [2.75, 3.05) is 6.54 Å². The predicted octanol–water partition coefficient (Wildman–Crippen LogP) is 1.75. The first-order valence-corrected chi connectivity index (χ1v) is 7.13. The molecule has 20 heavy (non-hydrogen) atoms. The molecule has 5 nitrogen and oxygen atoms in total. The molecular formula is C12H14F2N2O3S. The van der Waals surface area contributed by atoms with Crippen LogP contribution in [0.1, 0.15) is 12.0 Å². The van der Waals surface area contributed by atoms with E-state index < -0.39 is 22.1 Å². The molecule has 1 unspecified atom stereocenters. The summed E-state index contributed by atoms with van der Waals surface area (Å²) in [6.07, 6.45) is -0.344. The first-order chi connectivity index (χ1) is 9.14. The van der Waals surface area contributed by atoms with Crippen molar-refractivity contribution in [2.45, 2.75) is 30.2 Å². The van der Waals surface area contributed by atoms with E-state index in [2.05, 4.69) is 5.32 Å². The van der Waals surface area contributed by atoms with Crippen LogP contribution in [0.2, 0.25) is 0 Å². The van der Waals surface area contributed by atoms with Crippen molar-refractivity contribution in [1.82, 2.24) is 5.32 Å². The fourth-order valence-corrected chi connectivity index (χ4v) is 2.00. The highest BCUT2D eigenvalue weighted by atomic mass is 32.2. The Kier molecular flexibility index (Phi) is 5.16. The highest BCUT2D eigenvalue weighted by Gasteiger charge is 2.39. The predicted molar refractivity (Wildman–Crippen MR) is 68.0 cm³/mol. The second-order valence-corrected chi connectivity index (χ2v) is 5.83. The molecule has 0 radical (unpaired) electrons. The SMILES string of the molecule is Cc1ccc(S(=O)(=O)O)cc1.N#CC1CC(F)(F)CN1. The molecule has 0 bridgehead atoms. The lowest BCUT2D eigenvalue weighted by atomic mass is 10.2. The van der Waals surface area contributed by atoms with Gasteiger partial charge in [0.15, 0.2) is 0 Å². The summed E-state index contributed by atoms with van der Waals surface area (Å²) in [5.74, 6) is -2.67. The Balaban J connectivity index is 0.000000204. The van der Waals surface area contributed by atoms with Crippen LogP contribution in [0.5, 0.6) is 0 Å². The van der Waals surface area contributed by atoms with Crippen LogP contribution in [0.4, 0.5) is 8.78 Å². The van der Waals surface area contributed by atoms with Crippen LogP contribution in [-0.4, -0.2) is 31.5 Å². The number of hydrogen-bond donors (Lipinski definition) is 2. The molecule has 1 atom stereocenters. The molecule has 1 aliphatic rings. The molecule has 1 saturated heterocycles. The summed E-state index contributed by atoms with van der Waals surface area (Å²) in [5, 5.41) is 10.5. The summed E-state index contributed by atoms with van der Waals surface area (Å²) in [5.41, 5.74) is 0.956. The smallest absolute Gasteiger partial charge is 0.294 e. The van der Waals surface area contributed by atoms with Crippen LogP contribution in [0, 0.1) is 18.3 Å². The van der Waals surface area contributed by atoms with Gasteiger partial charge in [-0.3, -0.25) is 9.87 Å². The number of nitrogens with zero attached hydrogens (tertiary/aromatic N) is 1. The van der Waals surface area contributed by atoms with Crippen LogP contribution >= 0.6 is 0 Å². The van der Waals surface area contributed by atoms with Crippen molar-refractivity contribution in [3.05, 3.63) is 29.8 Å². The maximum absolute atomic E-state index is 12.2. The van der Waals surface area contributed by atoms with Crippen LogP contribution in [-0.2, 0) is 10.1 Å². The summed E-state index contributed by atoms with van der Waals surface area (Å²) < 4.78 is 53.9. The zero-order chi connectivity index (χ0) is 15.4. The van der Waals surface area contributed by atoms with Crippen molar-refractivity contribution in [3.8, 4) is 6.07 Å². The molecule has 0 saturated carbocycles. The number of halogens is 2. The Bertz CT molecular complexity index is 594. The monoisotopic (exact) mass is 304 g/mol. The van der Waals surface area contributed by atoms with Gasteiger partial charge < -0.3 is 0 Å². The number of aryl methyl sites for hydroxylation is 1. The zero-order valence-corrected chi connectivity index (χ0v) is 11.5. The Morgan fingerprint density at radius 3 is 2.25 bits per heavy atom. The third-order valence-electron chi connectivity index (χ3n) is 2.58. The minimum absolute atomic E-state index is 0.0666. The van der Waals surface area contributed by atoms with Crippen LogP contribution in [0.25, 0.3) is 0 Å². The van der Waals surface area contributed by atoms with Gasteiger partial charge >= 0.3 is 0 Å². The fourth-order valence-electron chi connectivity index (χ4n) is 1.52. The average molecular weight is 304 g/mol. The Morgan fingerprint density at radius 2 is 1.95 bits per heavy atom. The van der Waals surface area contributed by atoms with E-state index >= 15 is 0 Å². The van der Waals surface area contributed by atoms with E-state index in [-0.39, 0.29) is 17.9 Å². The maximum Gasteiger partial charge on any atom is 0.294 e. The molecule has 1 aliphatic heterocycles. The number of rotatable bonds is 1. The van der Waals surface area contributed by atoms with Gasteiger partial charge in [0, 0.05) is 6.42 Å². The van der Waals surface area contributed by atoms with E-state index in [1.807, 2.05) is 6.92 Å². The fraction of sp³-hybridized carbons (Fsp3) is 0.417. The Labute approximate surface area is 116 Å². The number of hydrogen-bond acceptors (Lipinski definition) is 4. The first kappa shape index (κ1) is 16.5. The van der Waals surface area contributed by atoms with E-state index in [1.165, 1.54) is 12.1 Å². The molecule has 2 N–H and O–H groups in total. The second kappa shape index (κ2) is 6.26. The summed E-state index contributed by atoms with van der Waals surface area (Å²) in [6.45, 7) is 1.49. The molecule has 1 fully saturated rings. The lowest BCUT2D eigenvalue weighted by molar-refractivity contribution is 0.0224. The molecule has 110 valence electrons. The molecule has 0 aliphatic carbocycles. The minimum Gasteiger partial charge on any atom is -0.296 e. The Hall–Kier alpha value is -1.56. The lowest BCUT2D eigenvalue weighted by Crippen LogP contribution is -2.21. The molecule has 2 rings (SSSR count). The zero-order valence-electron chi connectivity index (χ0n) is 10.7. The molecule has 0 aromatic heterocycles. The van der Waals surface area contributed by atoms with Crippen molar-refractivity contribution >= 4 is 10.1 Å². The van der Waals surface area contributed by atoms with E-state index in [0.29, 0.717) is 0 Å². The van der Waals surface area contributed by atoms with E-state index in [9.17, 15) is 17.2 Å². The van der Waals surface area contributed by atoms with Gasteiger partial charge in [-0.05, 0) is 19.1 Å². The highest BCUT2D eigenvalue weighted by molar-refractivity contribution is 7.85. The third kappa shape index (κ3) is 5.21. The first-order valence-electron chi connectivity index (χ1n) is 5.69. The molecule has 8 heteroatoms. The Morgan fingerprint density at radius 1 is 1.40 bits per heavy atom. The number of nitriles is 1. The van der Waals surface area contributed by atoms with Gasteiger partial charge in [0.1, 0.15) is 6.04 Å². The van der Waals surface area contributed by atoms with Crippen molar-refractivity contribution in [3.63, 3.8) is 0 Å². The normalized spacial score (nSPS) is 20.6. The van der Waals surface area contributed by atoms with Crippen LogP contribution in [0.15, 0.2) is 29.2 Å². The maximum atomic E-state index is 12.2. The van der Waals surface area contributed by atoms with Crippen molar-refractivity contribution in [2.24, 2.45) is 0 Å². The van der Waals surface area contributed by atoms with E-state index in [4.69, 9.17) is 9.81 Å². The molecular weight excluding hydrogens is 290 g/mol. The van der Waals surface area contributed by atoms with Gasteiger partial charge in [-0.1, -0.05) is 17.7 Å². The van der Waals surface area contributed by atoms with Gasteiger partial charge in [-0.2, -0.15) is 13.7 Å². The molecule has 1 heterocycles. The number of benzene rings is 1. The van der Waals surface area contributed by atoms with Gasteiger partial charge in [0.05, 0.1) is 17.5 Å². The largest absolute Gasteiger partial charge is 0.296 e. The topological polar surface area (TPSA) is 90.2 Å². The van der Waals surface area contributed by atoms with Gasteiger partial charge in [-0.15, -0.1) is 0 Å². The van der Waals surface area contributed by atoms with Gasteiger partial charge in [0.25, 0.3) is 16.0 Å². The van der Waals surface area contributed by atoms with E-state index in [1.54, 1.807) is 18.2 Å². The number of nitrogens with one attached hydrogen (secondary N) is 1. The second-order valence-electron chi connectivity index (χ2n) is 4.41. The van der Waals surface area contributed by atoms with Crippen LogP contribution in [0.3, 0.4) is 0 Å². The van der Waals surface area contributed by atoms with Gasteiger partial charge in [0.2, 0.25) is 0 Å². The van der Waals surface area contributed by atoms with Crippen LogP contribution < -0.4 is 5.32 Å². The molecule has 1 aromatic carbocycles. The van der Waals surface area contributed by atoms with E-state index in [0.717, 1.165) is 5.56 Å². The summed E-state index contributed by atoms with van der Waals surface area (Å²) in [7, 11) is -4.02.